The Morgan fingerprint density at radius 1 is 1.05 bits per heavy atom. The summed E-state index contributed by atoms with van der Waals surface area (Å²) < 4.78 is 5.06. The first kappa shape index (κ1) is 14.7. The summed E-state index contributed by atoms with van der Waals surface area (Å²) in [6, 6.07) is 16.4. The Kier molecular flexibility index (Phi) is 5.04. The molecule has 2 aromatic rings. The molecule has 0 aliphatic heterocycles. The van der Waals surface area contributed by atoms with Crippen molar-refractivity contribution in [2.45, 2.75) is 13.0 Å². The van der Waals surface area contributed by atoms with Gasteiger partial charge in [0.2, 0.25) is 5.91 Å². The van der Waals surface area contributed by atoms with E-state index < -0.39 is 0 Å². The molecule has 0 spiro atoms. The van der Waals surface area contributed by atoms with E-state index in [9.17, 15) is 9.70 Å². The molecule has 108 valence electrons. The molecule has 0 fully saturated rings. The largest absolute Gasteiger partial charge is 0.497 e. The molecule has 0 saturated carbocycles. The summed E-state index contributed by atoms with van der Waals surface area (Å²) in [5.41, 5.74) is 1.67. The number of carbonyl (C=O) groups is 1. The van der Waals surface area contributed by atoms with Crippen LogP contribution in [-0.2, 0) is 17.8 Å². The Bertz CT molecular complexity index is 597. The maximum Gasteiger partial charge on any atom is 0.249 e. The van der Waals surface area contributed by atoms with Crippen molar-refractivity contribution in [2.24, 2.45) is 5.29 Å². The molecule has 2 rings (SSSR count). The number of nitrogens with zero attached hydrogens (tertiary/aromatic N) is 2. The molecule has 1 amide bonds. The molecule has 0 unspecified atom stereocenters. The minimum Gasteiger partial charge on any atom is -0.497 e. The fourth-order valence-corrected chi connectivity index (χ4v) is 1.93. The second kappa shape index (κ2) is 7.19. The van der Waals surface area contributed by atoms with Crippen LogP contribution in [0.4, 0.5) is 0 Å². The fraction of sp³-hybridized carbons (Fsp3) is 0.188. The molecule has 0 bridgehead atoms. The molecular weight excluding hydrogens is 268 g/mol. The highest BCUT2D eigenvalue weighted by molar-refractivity contribution is 5.78. The Morgan fingerprint density at radius 3 is 2.29 bits per heavy atom. The minimum atomic E-state index is -0.327. The first-order chi connectivity index (χ1) is 10.2. The number of rotatable bonds is 6. The number of carbonyl (C=O) groups excluding carboxylic acids is 1. The van der Waals surface area contributed by atoms with E-state index in [2.05, 4.69) is 5.29 Å². The van der Waals surface area contributed by atoms with E-state index >= 15 is 0 Å². The summed E-state index contributed by atoms with van der Waals surface area (Å²) in [5.74, 6) is 0.395. The normalized spacial score (nSPS) is 9.95. The van der Waals surface area contributed by atoms with Gasteiger partial charge in [0, 0.05) is 0 Å². The molecule has 0 saturated heterocycles. The van der Waals surface area contributed by atoms with E-state index in [1.807, 2.05) is 30.3 Å². The second-order valence-corrected chi connectivity index (χ2v) is 4.54. The molecule has 0 atom stereocenters. The maximum absolute atomic E-state index is 12.1. The van der Waals surface area contributed by atoms with Crippen molar-refractivity contribution in [3.63, 3.8) is 0 Å². The number of benzene rings is 2. The van der Waals surface area contributed by atoms with Gasteiger partial charge in [-0.05, 0) is 23.3 Å². The number of amides is 1. The Morgan fingerprint density at radius 2 is 1.71 bits per heavy atom. The molecule has 0 aliphatic rings. The van der Waals surface area contributed by atoms with Crippen molar-refractivity contribution >= 4 is 5.91 Å². The molecule has 5 nitrogen and oxygen atoms in total. The first-order valence-electron chi connectivity index (χ1n) is 6.53. The summed E-state index contributed by atoms with van der Waals surface area (Å²) in [6.45, 7) is 0.152. The smallest absolute Gasteiger partial charge is 0.249 e. The van der Waals surface area contributed by atoms with Gasteiger partial charge in [-0.15, -0.1) is 4.91 Å². The van der Waals surface area contributed by atoms with Crippen LogP contribution < -0.4 is 4.74 Å². The average molecular weight is 284 g/mol. The molecule has 0 heterocycles. The number of methoxy groups -OCH3 is 1. The molecule has 0 aliphatic carbocycles. The summed E-state index contributed by atoms with van der Waals surface area (Å²) >= 11 is 0. The molecule has 0 radical (unpaired) electrons. The first-order valence-corrected chi connectivity index (χ1v) is 6.53. The topological polar surface area (TPSA) is 59.0 Å². The highest BCUT2D eigenvalue weighted by atomic mass is 16.5. The fourth-order valence-electron chi connectivity index (χ4n) is 1.93. The number of nitroso groups, excluding NO2 is 1. The average Bonchev–Trinajstić information content (AvgIpc) is 2.54. The monoisotopic (exact) mass is 284 g/mol. The number of ether oxygens (including phenoxy) is 1. The van der Waals surface area contributed by atoms with E-state index in [1.54, 1.807) is 31.4 Å². The Balaban J connectivity index is 2.01. The molecule has 0 aromatic heterocycles. The lowest BCUT2D eigenvalue weighted by atomic mass is 10.1. The van der Waals surface area contributed by atoms with Gasteiger partial charge in [-0.1, -0.05) is 42.5 Å². The van der Waals surface area contributed by atoms with Crippen molar-refractivity contribution < 1.29 is 9.53 Å². The van der Waals surface area contributed by atoms with Crippen LogP contribution in [0.2, 0.25) is 0 Å². The minimum absolute atomic E-state index is 0.152. The van der Waals surface area contributed by atoms with Crippen LogP contribution in [-0.4, -0.2) is 18.0 Å². The van der Waals surface area contributed by atoms with Crippen molar-refractivity contribution in [1.29, 1.82) is 0 Å². The van der Waals surface area contributed by atoms with Crippen LogP contribution in [0.25, 0.3) is 0 Å². The third-order valence-electron chi connectivity index (χ3n) is 3.08. The summed E-state index contributed by atoms with van der Waals surface area (Å²) in [6.07, 6.45) is 0.155. The van der Waals surface area contributed by atoms with Crippen LogP contribution in [0, 0.1) is 4.91 Å². The third kappa shape index (κ3) is 4.14. The quantitative estimate of drug-likeness (QED) is 0.605. The number of hydrogen-bond acceptors (Lipinski definition) is 4. The zero-order valence-electron chi connectivity index (χ0n) is 11.7. The van der Waals surface area contributed by atoms with Gasteiger partial charge in [0.15, 0.2) is 0 Å². The lowest BCUT2D eigenvalue weighted by molar-refractivity contribution is -0.131. The van der Waals surface area contributed by atoms with Gasteiger partial charge in [-0.2, -0.15) is 5.01 Å². The lowest BCUT2D eigenvalue weighted by Gasteiger charge is -2.13. The van der Waals surface area contributed by atoms with Gasteiger partial charge in [0.05, 0.1) is 25.4 Å². The highest BCUT2D eigenvalue weighted by Gasteiger charge is 2.15. The van der Waals surface area contributed by atoms with Crippen LogP contribution in [0.15, 0.2) is 59.9 Å². The molecule has 21 heavy (non-hydrogen) atoms. The van der Waals surface area contributed by atoms with Crippen molar-refractivity contribution in [3.8, 4) is 5.75 Å². The van der Waals surface area contributed by atoms with E-state index in [4.69, 9.17) is 4.74 Å². The predicted octanol–water partition coefficient (Wildman–Crippen LogP) is 2.95. The Labute approximate surface area is 123 Å². The summed E-state index contributed by atoms with van der Waals surface area (Å²) in [7, 11) is 1.58. The highest BCUT2D eigenvalue weighted by Crippen LogP contribution is 2.14. The second-order valence-electron chi connectivity index (χ2n) is 4.54. The van der Waals surface area contributed by atoms with Crippen LogP contribution in [0.3, 0.4) is 0 Å². The molecule has 0 N–H and O–H groups in total. The SMILES string of the molecule is COc1ccc(CN(N=O)C(=O)Cc2ccccc2)cc1. The van der Waals surface area contributed by atoms with E-state index in [0.29, 0.717) is 0 Å². The zero-order chi connectivity index (χ0) is 15.1. The number of hydrogen-bond donors (Lipinski definition) is 0. The molecule has 5 heteroatoms. The van der Waals surface area contributed by atoms with Gasteiger partial charge in [0.1, 0.15) is 5.75 Å². The van der Waals surface area contributed by atoms with Crippen molar-refractivity contribution in [3.05, 3.63) is 70.6 Å². The Hall–Kier alpha value is -2.69. The van der Waals surface area contributed by atoms with Gasteiger partial charge >= 0.3 is 0 Å². The van der Waals surface area contributed by atoms with Crippen molar-refractivity contribution in [1.82, 2.24) is 5.01 Å². The lowest BCUT2D eigenvalue weighted by Crippen LogP contribution is -2.26. The predicted molar refractivity (Wildman–Crippen MR) is 79.5 cm³/mol. The standard InChI is InChI=1S/C16H16N2O3/c1-21-15-9-7-14(8-10-15)12-18(17-20)16(19)11-13-5-3-2-4-6-13/h2-10H,11-12H2,1H3. The summed E-state index contributed by atoms with van der Waals surface area (Å²) in [5, 5.41) is 3.76. The van der Waals surface area contributed by atoms with Crippen LogP contribution in [0.1, 0.15) is 11.1 Å². The van der Waals surface area contributed by atoms with Crippen LogP contribution >= 0.6 is 0 Å². The molecular formula is C16H16N2O3. The van der Waals surface area contributed by atoms with Gasteiger partial charge in [-0.3, -0.25) is 4.79 Å². The van der Waals surface area contributed by atoms with E-state index in [-0.39, 0.29) is 18.9 Å². The molecule has 2 aromatic carbocycles. The van der Waals surface area contributed by atoms with Crippen LogP contribution in [0.5, 0.6) is 5.75 Å². The third-order valence-corrected chi connectivity index (χ3v) is 3.08. The zero-order valence-corrected chi connectivity index (χ0v) is 11.7. The van der Waals surface area contributed by atoms with E-state index in [0.717, 1.165) is 21.9 Å². The van der Waals surface area contributed by atoms with Gasteiger partial charge < -0.3 is 4.74 Å². The van der Waals surface area contributed by atoms with Gasteiger partial charge in [0.25, 0.3) is 0 Å². The van der Waals surface area contributed by atoms with Gasteiger partial charge in [-0.25, -0.2) is 0 Å². The summed E-state index contributed by atoms with van der Waals surface area (Å²) in [4.78, 5) is 23.0. The van der Waals surface area contributed by atoms with E-state index in [1.165, 1.54) is 0 Å². The maximum atomic E-state index is 12.1. The van der Waals surface area contributed by atoms with Crippen molar-refractivity contribution in [2.75, 3.05) is 7.11 Å².